The van der Waals surface area contributed by atoms with E-state index < -0.39 is 0 Å². The number of rotatable bonds is 4. The highest BCUT2D eigenvalue weighted by Gasteiger charge is 2.19. The SMILES string of the molecule is Cc1nc([C@@H](C)NC(=O)Cc2cc3c(cc2Cl)OCCO3)c(C)s1. The number of nitrogens with zero attached hydrogens (tertiary/aromatic N) is 1. The summed E-state index contributed by atoms with van der Waals surface area (Å²) < 4.78 is 11.0. The highest BCUT2D eigenvalue weighted by molar-refractivity contribution is 7.11. The molecule has 1 aromatic carbocycles. The van der Waals surface area contributed by atoms with E-state index in [1.807, 2.05) is 20.8 Å². The fourth-order valence-corrected chi connectivity index (χ4v) is 3.86. The van der Waals surface area contributed by atoms with Crippen molar-refractivity contribution in [2.45, 2.75) is 33.2 Å². The Labute approximate surface area is 150 Å². The Morgan fingerprint density at radius 3 is 2.62 bits per heavy atom. The van der Waals surface area contributed by atoms with Crippen molar-refractivity contribution in [1.82, 2.24) is 10.3 Å². The first-order valence-corrected chi connectivity index (χ1v) is 8.95. The Morgan fingerprint density at radius 2 is 2.00 bits per heavy atom. The van der Waals surface area contributed by atoms with Crippen LogP contribution in [0.25, 0.3) is 0 Å². The molecule has 0 saturated carbocycles. The van der Waals surface area contributed by atoms with Crippen molar-refractivity contribution < 1.29 is 14.3 Å². The lowest BCUT2D eigenvalue weighted by atomic mass is 10.1. The number of fused-ring (bicyclic) bond motifs is 1. The molecule has 7 heteroatoms. The fourth-order valence-electron chi connectivity index (χ4n) is 2.72. The van der Waals surface area contributed by atoms with Crippen LogP contribution < -0.4 is 14.8 Å². The summed E-state index contributed by atoms with van der Waals surface area (Å²) in [6, 6.07) is 3.34. The molecule has 0 fully saturated rings. The average Bonchev–Trinajstić information content (AvgIpc) is 2.86. The van der Waals surface area contributed by atoms with E-state index in [-0.39, 0.29) is 18.4 Å². The van der Waals surface area contributed by atoms with Crippen molar-refractivity contribution in [3.63, 3.8) is 0 Å². The van der Waals surface area contributed by atoms with Crippen LogP contribution in [-0.2, 0) is 11.2 Å². The van der Waals surface area contributed by atoms with Gasteiger partial charge in [-0.25, -0.2) is 4.98 Å². The van der Waals surface area contributed by atoms with E-state index in [1.165, 1.54) is 0 Å². The van der Waals surface area contributed by atoms with Gasteiger partial charge in [-0.3, -0.25) is 4.79 Å². The maximum atomic E-state index is 12.4. The number of thiazole rings is 1. The minimum atomic E-state index is -0.140. The molecule has 0 unspecified atom stereocenters. The topological polar surface area (TPSA) is 60.5 Å². The zero-order chi connectivity index (χ0) is 17.3. The van der Waals surface area contributed by atoms with Crippen LogP contribution in [0.3, 0.4) is 0 Å². The number of nitrogens with one attached hydrogen (secondary N) is 1. The number of benzene rings is 1. The summed E-state index contributed by atoms with van der Waals surface area (Å²) in [4.78, 5) is 18.0. The largest absolute Gasteiger partial charge is 0.486 e. The molecule has 1 N–H and O–H groups in total. The first-order valence-electron chi connectivity index (χ1n) is 7.75. The normalized spacial score (nSPS) is 14.3. The molecule has 0 bridgehead atoms. The summed E-state index contributed by atoms with van der Waals surface area (Å²) in [6.45, 7) is 6.92. The lowest BCUT2D eigenvalue weighted by molar-refractivity contribution is -0.121. The highest BCUT2D eigenvalue weighted by atomic mass is 35.5. The molecule has 24 heavy (non-hydrogen) atoms. The predicted molar refractivity (Wildman–Crippen MR) is 94.3 cm³/mol. The molecule has 1 aromatic heterocycles. The van der Waals surface area contributed by atoms with Crippen LogP contribution in [0.5, 0.6) is 11.5 Å². The summed E-state index contributed by atoms with van der Waals surface area (Å²) in [6.07, 6.45) is 0.183. The van der Waals surface area contributed by atoms with Crippen LogP contribution in [0.1, 0.15) is 34.1 Å². The Kier molecular flexibility index (Phi) is 4.96. The number of aromatic nitrogens is 1. The van der Waals surface area contributed by atoms with Crippen LogP contribution in [0, 0.1) is 13.8 Å². The Morgan fingerprint density at radius 1 is 1.33 bits per heavy atom. The third-order valence-corrected chi connectivity index (χ3v) is 5.04. The van der Waals surface area contributed by atoms with Gasteiger partial charge in [0, 0.05) is 16.0 Å². The second-order valence-electron chi connectivity index (χ2n) is 5.73. The molecule has 1 amide bonds. The van der Waals surface area contributed by atoms with E-state index >= 15 is 0 Å². The van der Waals surface area contributed by atoms with Crippen LogP contribution in [0.15, 0.2) is 12.1 Å². The van der Waals surface area contributed by atoms with Gasteiger partial charge in [-0.2, -0.15) is 0 Å². The summed E-state index contributed by atoms with van der Waals surface area (Å²) >= 11 is 7.89. The molecule has 5 nitrogen and oxygen atoms in total. The van der Waals surface area contributed by atoms with Gasteiger partial charge >= 0.3 is 0 Å². The smallest absolute Gasteiger partial charge is 0.225 e. The van der Waals surface area contributed by atoms with E-state index in [4.69, 9.17) is 21.1 Å². The molecule has 1 aliphatic heterocycles. The summed E-state index contributed by atoms with van der Waals surface area (Å²) in [7, 11) is 0. The van der Waals surface area contributed by atoms with Gasteiger partial charge in [0.25, 0.3) is 0 Å². The number of halogens is 1. The molecular weight excluding hydrogens is 348 g/mol. The quantitative estimate of drug-likeness (QED) is 0.898. The molecule has 3 rings (SSSR count). The molecule has 128 valence electrons. The van der Waals surface area contributed by atoms with Crippen LogP contribution >= 0.6 is 22.9 Å². The summed E-state index contributed by atoms with van der Waals surface area (Å²) in [5.74, 6) is 1.15. The van der Waals surface area contributed by atoms with Crippen LogP contribution in [0.4, 0.5) is 0 Å². The zero-order valence-corrected chi connectivity index (χ0v) is 15.4. The number of carbonyl (C=O) groups excluding carboxylic acids is 1. The third-order valence-electron chi connectivity index (χ3n) is 3.79. The molecule has 0 spiro atoms. The maximum absolute atomic E-state index is 12.4. The first kappa shape index (κ1) is 17.0. The highest BCUT2D eigenvalue weighted by Crippen LogP contribution is 2.35. The van der Waals surface area contributed by atoms with E-state index in [1.54, 1.807) is 23.5 Å². The van der Waals surface area contributed by atoms with Gasteiger partial charge in [-0.1, -0.05) is 11.6 Å². The standard InChI is InChI=1S/C17H19ClN2O3S/c1-9(17-10(2)24-11(3)20-17)19-16(21)7-12-6-14-15(8-13(12)18)23-5-4-22-14/h6,8-9H,4-5,7H2,1-3H3,(H,19,21)/t9-/m1/s1. The van der Waals surface area contributed by atoms with Crippen LogP contribution in [-0.4, -0.2) is 24.1 Å². The van der Waals surface area contributed by atoms with Crippen molar-refractivity contribution in [3.8, 4) is 11.5 Å². The van der Waals surface area contributed by atoms with Gasteiger partial charge in [-0.15, -0.1) is 11.3 Å². The number of hydrogen-bond acceptors (Lipinski definition) is 5. The van der Waals surface area contributed by atoms with E-state index in [0.717, 1.165) is 21.1 Å². The van der Waals surface area contributed by atoms with E-state index in [0.29, 0.717) is 29.7 Å². The Balaban J connectivity index is 1.69. The molecule has 2 aromatic rings. The molecule has 1 aliphatic rings. The van der Waals surface area contributed by atoms with Crippen molar-refractivity contribution in [2.75, 3.05) is 13.2 Å². The van der Waals surface area contributed by atoms with Gasteiger partial charge in [0.15, 0.2) is 11.5 Å². The fraction of sp³-hybridized carbons (Fsp3) is 0.412. The molecule has 1 atom stereocenters. The van der Waals surface area contributed by atoms with Gasteiger partial charge in [0.05, 0.1) is 23.2 Å². The second kappa shape index (κ2) is 6.99. The molecule has 0 radical (unpaired) electrons. The van der Waals surface area contributed by atoms with E-state index in [9.17, 15) is 4.79 Å². The van der Waals surface area contributed by atoms with Crippen molar-refractivity contribution >= 4 is 28.8 Å². The molecular formula is C17H19ClN2O3S. The predicted octanol–water partition coefficient (Wildman–Crippen LogP) is 3.60. The van der Waals surface area contributed by atoms with Crippen molar-refractivity contribution in [3.05, 3.63) is 38.3 Å². The monoisotopic (exact) mass is 366 g/mol. The van der Waals surface area contributed by atoms with Gasteiger partial charge in [0.2, 0.25) is 5.91 Å². The van der Waals surface area contributed by atoms with E-state index in [2.05, 4.69) is 10.3 Å². The first-order chi connectivity index (χ1) is 11.4. The average molecular weight is 367 g/mol. The minimum absolute atomic E-state index is 0.105. The number of carbonyl (C=O) groups is 1. The van der Waals surface area contributed by atoms with Gasteiger partial charge < -0.3 is 14.8 Å². The maximum Gasteiger partial charge on any atom is 0.225 e. The second-order valence-corrected chi connectivity index (χ2v) is 7.54. The number of amides is 1. The summed E-state index contributed by atoms with van der Waals surface area (Å²) in [5.41, 5.74) is 1.64. The van der Waals surface area contributed by atoms with Crippen LogP contribution in [0.2, 0.25) is 5.02 Å². The minimum Gasteiger partial charge on any atom is -0.486 e. The lowest BCUT2D eigenvalue weighted by Gasteiger charge is -2.20. The third kappa shape index (κ3) is 3.65. The van der Waals surface area contributed by atoms with Gasteiger partial charge in [-0.05, 0) is 32.4 Å². The summed E-state index contributed by atoms with van der Waals surface area (Å²) in [5, 5.41) is 4.48. The number of hydrogen-bond donors (Lipinski definition) is 1. The van der Waals surface area contributed by atoms with Crippen molar-refractivity contribution in [2.24, 2.45) is 0 Å². The van der Waals surface area contributed by atoms with Gasteiger partial charge in [0.1, 0.15) is 13.2 Å². The Bertz CT molecular complexity index is 775. The molecule has 0 aliphatic carbocycles. The number of aryl methyl sites for hydroxylation is 2. The zero-order valence-electron chi connectivity index (χ0n) is 13.8. The number of ether oxygens (including phenoxy) is 2. The molecule has 0 saturated heterocycles. The Hall–Kier alpha value is -1.79. The lowest BCUT2D eigenvalue weighted by Crippen LogP contribution is -2.28. The van der Waals surface area contributed by atoms with Crippen molar-refractivity contribution in [1.29, 1.82) is 0 Å². The molecule has 2 heterocycles.